The minimum absolute atomic E-state index is 0. The van der Waals surface area contributed by atoms with E-state index in [1.54, 1.807) is 0 Å². The van der Waals surface area contributed by atoms with Gasteiger partial charge in [0.05, 0.1) is 5.41 Å². The lowest BCUT2D eigenvalue weighted by Gasteiger charge is -2.49. The Morgan fingerprint density at radius 1 is 1.25 bits per heavy atom. The van der Waals surface area contributed by atoms with Gasteiger partial charge >= 0.3 is 5.97 Å². The quantitative estimate of drug-likeness (QED) is 0.793. The normalized spacial score (nSPS) is 27.6. The van der Waals surface area contributed by atoms with Crippen molar-refractivity contribution in [2.24, 2.45) is 11.3 Å². The van der Waals surface area contributed by atoms with Crippen LogP contribution in [0.2, 0.25) is 0 Å². The van der Waals surface area contributed by atoms with E-state index in [1.807, 2.05) is 0 Å². The summed E-state index contributed by atoms with van der Waals surface area (Å²) in [5.41, 5.74) is -1.15. The van der Waals surface area contributed by atoms with Crippen molar-refractivity contribution < 1.29 is 18.7 Å². The minimum atomic E-state index is -2.76. The number of alkyl halides is 2. The third-order valence-corrected chi connectivity index (χ3v) is 3.69. The number of hydrogen-bond acceptors (Lipinski definition) is 2. The molecule has 1 aliphatic carbocycles. The maximum absolute atomic E-state index is 12.9. The zero-order valence-corrected chi connectivity index (χ0v) is 9.66. The molecular weight excluding hydrogens is 240 g/mol. The van der Waals surface area contributed by atoms with Gasteiger partial charge in [-0.1, -0.05) is 0 Å². The van der Waals surface area contributed by atoms with E-state index >= 15 is 0 Å². The van der Waals surface area contributed by atoms with E-state index in [1.165, 1.54) is 0 Å². The Labute approximate surface area is 99.0 Å². The molecule has 6 heteroatoms. The lowest BCUT2D eigenvalue weighted by Crippen LogP contribution is -2.57. The average molecular weight is 256 g/mol. The molecule has 1 heterocycles. The molecule has 0 aromatic carbocycles. The van der Waals surface area contributed by atoms with Gasteiger partial charge in [0.2, 0.25) is 5.92 Å². The van der Waals surface area contributed by atoms with Gasteiger partial charge in [0, 0.05) is 12.8 Å². The Balaban J connectivity index is 0.00000128. The molecule has 0 aromatic heterocycles. The molecule has 0 atom stereocenters. The van der Waals surface area contributed by atoms with Crippen molar-refractivity contribution in [3.8, 4) is 0 Å². The number of nitrogens with one attached hydrogen (secondary N) is 1. The van der Waals surface area contributed by atoms with Crippen LogP contribution in [0.1, 0.15) is 25.7 Å². The van der Waals surface area contributed by atoms with E-state index in [0.717, 1.165) is 13.1 Å². The number of aliphatic carboxylic acids is 1. The highest BCUT2D eigenvalue weighted by molar-refractivity contribution is 5.85. The molecule has 0 amide bonds. The molecule has 1 saturated heterocycles. The third kappa shape index (κ3) is 2.15. The third-order valence-electron chi connectivity index (χ3n) is 3.69. The van der Waals surface area contributed by atoms with Crippen molar-refractivity contribution in [3.63, 3.8) is 0 Å². The monoisotopic (exact) mass is 255 g/mol. The summed E-state index contributed by atoms with van der Waals surface area (Å²) in [6.07, 6.45) is 0.449. The van der Waals surface area contributed by atoms with E-state index in [9.17, 15) is 13.6 Å². The summed E-state index contributed by atoms with van der Waals surface area (Å²) >= 11 is 0. The van der Waals surface area contributed by atoms with Gasteiger partial charge in [-0.05, 0) is 31.8 Å². The van der Waals surface area contributed by atoms with Crippen LogP contribution >= 0.6 is 12.4 Å². The molecule has 2 rings (SSSR count). The number of piperidine rings is 1. The maximum Gasteiger partial charge on any atom is 0.310 e. The molecule has 0 unspecified atom stereocenters. The van der Waals surface area contributed by atoms with Gasteiger partial charge in [0.15, 0.2) is 0 Å². The molecule has 2 aliphatic rings. The Kier molecular flexibility index (Phi) is 3.80. The Bertz CT molecular complexity index is 272. The van der Waals surface area contributed by atoms with Gasteiger partial charge < -0.3 is 10.4 Å². The lowest BCUT2D eigenvalue weighted by atomic mass is 9.57. The molecule has 2 fully saturated rings. The SMILES string of the molecule is Cl.O=C(O)C1(C2CCNCC2)CC(F)(F)C1. The van der Waals surface area contributed by atoms with Crippen LogP contribution in [0.15, 0.2) is 0 Å². The van der Waals surface area contributed by atoms with Crippen molar-refractivity contribution in [3.05, 3.63) is 0 Å². The van der Waals surface area contributed by atoms with Gasteiger partial charge in [-0.3, -0.25) is 4.79 Å². The van der Waals surface area contributed by atoms with Crippen LogP contribution < -0.4 is 5.32 Å². The second kappa shape index (κ2) is 4.45. The molecule has 0 bridgehead atoms. The Morgan fingerprint density at radius 3 is 2.12 bits per heavy atom. The number of carbonyl (C=O) groups is 1. The van der Waals surface area contributed by atoms with Gasteiger partial charge in [-0.2, -0.15) is 0 Å². The fourth-order valence-corrected chi connectivity index (χ4v) is 2.86. The predicted molar refractivity (Wildman–Crippen MR) is 57.1 cm³/mol. The molecule has 1 aliphatic heterocycles. The highest BCUT2D eigenvalue weighted by Gasteiger charge is 2.64. The largest absolute Gasteiger partial charge is 0.481 e. The average Bonchev–Trinajstić information content (AvgIpc) is 2.14. The first-order valence-corrected chi connectivity index (χ1v) is 5.28. The minimum Gasteiger partial charge on any atom is -0.481 e. The summed E-state index contributed by atoms with van der Waals surface area (Å²) < 4.78 is 25.7. The molecule has 1 saturated carbocycles. The van der Waals surface area contributed by atoms with Crippen LogP contribution in [0, 0.1) is 11.3 Å². The van der Waals surface area contributed by atoms with Crippen LogP contribution in [-0.2, 0) is 4.79 Å². The second-order valence-corrected chi connectivity index (χ2v) is 4.70. The number of carboxylic acid groups (broad SMARTS) is 1. The second-order valence-electron chi connectivity index (χ2n) is 4.70. The van der Waals surface area contributed by atoms with Gasteiger partial charge in [-0.25, -0.2) is 8.78 Å². The summed E-state index contributed by atoms with van der Waals surface area (Å²) in [6.45, 7) is 1.48. The van der Waals surface area contributed by atoms with E-state index < -0.39 is 30.1 Å². The summed E-state index contributed by atoms with van der Waals surface area (Å²) in [7, 11) is 0. The fraction of sp³-hybridized carbons (Fsp3) is 0.900. The van der Waals surface area contributed by atoms with Crippen LogP contribution in [0.5, 0.6) is 0 Å². The van der Waals surface area contributed by atoms with Gasteiger partial charge in [0.25, 0.3) is 0 Å². The van der Waals surface area contributed by atoms with Crippen LogP contribution in [0.4, 0.5) is 8.78 Å². The van der Waals surface area contributed by atoms with E-state index in [0.29, 0.717) is 12.8 Å². The van der Waals surface area contributed by atoms with E-state index in [-0.39, 0.29) is 18.3 Å². The van der Waals surface area contributed by atoms with Crippen molar-refractivity contribution in [1.29, 1.82) is 0 Å². The van der Waals surface area contributed by atoms with Gasteiger partial charge in [-0.15, -0.1) is 12.4 Å². The predicted octanol–water partition coefficient (Wildman–Crippen LogP) is 1.91. The van der Waals surface area contributed by atoms with E-state index in [2.05, 4.69) is 5.32 Å². The van der Waals surface area contributed by atoms with Crippen molar-refractivity contribution in [1.82, 2.24) is 5.32 Å². The molecule has 2 N–H and O–H groups in total. The van der Waals surface area contributed by atoms with Crippen molar-refractivity contribution in [2.45, 2.75) is 31.6 Å². The van der Waals surface area contributed by atoms with Gasteiger partial charge in [0.1, 0.15) is 0 Å². The highest BCUT2D eigenvalue weighted by Crippen LogP contribution is 2.58. The Morgan fingerprint density at radius 2 is 1.75 bits per heavy atom. The summed E-state index contributed by atoms with van der Waals surface area (Å²) in [5, 5.41) is 12.2. The molecule has 3 nitrogen and oxygen atoms in total. The van der Waals surface area contributed by atoms with Crippen molar-refractivity contribution >= 4 is 18.4 Å². The summed E-state index contributed by atoms with van der Waals surface area (Å²) in [5.74, 6) is -3.89. The zero-order chi connectivity index (χ0) is 11.1. The standard InChI is InChI=1S/C10H15F2NO2.ClH/c11-10(12)5-9(6-10,8(14)15)7-1-3-13-4-2-7;/h7,13H,1-6H2,(H,14,15);1H. The zero-order valence-electron chi connectivity index (χ0n) is 8.84. The molecule has 0 radical (unpaired) electrons. The van der Waals surface area contributed by atoms with Crippen molar-refractivity contribution in [2.75, 3.05) is 13.1 Å². The number of hydrogen-bond donors (Lipinski definition) is 2. The summed E-state index contributed by atoms with van der Waals surface area (Å²) in [4.78, 5) is 11.1. The molecular formula is C10H16ClF2NO2. The first-order chi connectivity index (χ1) is 6.96. The molecule has 94 valence electrons. The number of carboxylic acids is 1. The molecule has 16 heavy (non-hydrogen) atoms. The Hall–Kier alpha value is -0.420. The van der Waals surface area contributed by atoms with Crippen LogP contribution in [0.3, 0.4) is 0 Å². The smallest absolute Gasteiger partial charge is 0.310 e. The molecule has 0 aromatic rings. The fourth-order valence-electron chi connectivity index (χ4n) is 2.86. The summed E-state index contributed by atoms with van der Waals surface area (Å²) in [6, 6.07) is 0. The van der Waals surface area contributed by atoms with Crippen LogP contribution in [-0.4, -0.2) is 30.1 Å². The number of halogens is 3. The maximum atomic E-state index is 12.9. The first-order valence-electron chi connectivity index (χ1n) is 5.28. The highest BCUT2D eigenvalue weighted by atomic mass is 35.5. The number of rotatable bonds is 2. The lowest BCUT2D eigenvalue weighted by molar-refractivity contribution is -0.208. The molecule has 0 spiro atoms. The topological polar surface area (TPSA) is 49.3 Å². The first kappa shape index (κ1) is 13.6. The van der Waals surface area contributed by atoms with Crippen LogP contribution in [0.25, 0.3) is 0 Å². The van der Waals surface area contributed by atoms with E-state index in [4.69, 9.17) is 5.11 Å².